The summed E-state index contributed by atoms with van der Waals surface area (Å²) in [5.41, 5.74) is 5.95. The topological polar surface area (TPSA) is 43.6 Å². The van der Waals surface area contributed by atoms with Crippen molar-refractivity contribution in [2.75, 3.05) is 0 Å². The molecule has 0 spiro atoms. The van der Waals surface area contributed by atoms with Crippen molar-refractivity contribution in [3.63, 3.8) is 0 Å². The number of hydrogen-bond acceptors (Lipinski definition) is 3. The maximum absolute atomic E-state index is 4.91. The van der Waals surface area contributed by atoms with Crippen LogP contribution in [0, 0.1) is 0 Å². The number of benzene rings is 3. The number of nitrogens with zero attached hydrogens (tertiary/aromatic N) is 4. The summed E-state index contributed by atoms with van der Waals surface area (Å²) in [4.78, 5) is 14.3. The SMILES string of the molecule is Cn1ccnc1-c1cccc(-c2nc(-c3ccccc3)cc(-c3ccccc3)n2)c1. The van der Waals surface area contributed by atoms with Gasteiger partial charge in [0.15, 0.2) is 5.82 Å². The lowest BCUT2D eigenvalue weighted by Gasteiger charge is -2.10. The molecule has 4 nitrogen and oxygen atoms in total. The quantitative estimate of drug-likeness (QED) is 0.386. The van der Waals surface area contributed by atoms with Gasteiger partial charge in [0.05, 0.1) is 11.4 Å². The number of aryl methyl sites for hydroxylation is 1. The molecule has 2 aromatic heterocycles. The van der Waals surface area contributed by atoms with E-state index in [9.17, 15) is 0 Å². The zero-order valence-electron chi connectivity index (χ0n) is 16.6. The van der Waals surface area contributed by atoms with Gasteiger partial charge >= 0.3 is 0 Å². The minimum absolute atomic E-state index is 0.700. The Labute approximate surface area is 175 Å². The molecule has 0 unspecified atom stereocenters. The maximum Gasteiger partial charge on any atom is 0.160 e. The Morgan fingerprint density at radius 2 is 1.17 bits per heavy atom. The normalized spacial score (nSPS) is 10.8. The Balaban J connectivity index is 1.68. The average Bonchev–Trinajstić information content (AvgIpc) is 3.26. The van der Waals surface area contributed by atoms with Gasteiger partial charge in [0, 0.05) is 41.7 Å². The molecule has 3 aromatic carbocycles. The zero-order chi connectivity index (χ0) is 20.3. The minimum atomic E-state index is 0.700. The van der Waals surface area contributed by atoms with Crippen molar-refractivity contribution in [2.24, 2.45) is 7.05 Å². The van der Waals surface area contributed by atoms with E-state index in [2.05, 4.69) is 47.4 Å². The zero-order valence-corrected chi connectivity index (χ0v) is 16.6. The average molecular weight is 388 g/mol. The second kappa shape index (κ2) is 7.76. The first-order valence-electron chi connectivity index (χ1n) is 9.86. The summed E-state index contributed by atoms with van der Waals surface area (Å²) in [5, 5.41) is 0. The Hall–Kier alpha value is -4.05. The van der Waals surface area contributed by atoms with Crippen molar-refractivity contribution in [1.82, 2.24) is 19.5 Å². The van der Waals surface area contributed by atoms with Crippen LogP contribution in [0.1, 0.15) is 0 Å². The predicted molar refractivity (Wildman–Crippen MR) is 121 cm³/mol. The molecule has 0 aliphatic carbocycles. The van der Waals surface area contributed by atoms with E-state index in [0.29, 0.717) is 5.82 Å². The fourth-order valence-electron chi connectivity index (χ4n) is 3.53. The minimum Gasteiger partial charge on any atom is -0.334 e. The Morgan fingerprint density at radius 3 is 1.73 bits per heavy atom. The third-order valence-electron chi connectivity index (χ3n) is 5.07. The first-order chi connectivity index (χ1) is 14.8. The second-order valence-electron chi connectivity index (χ2n) is 7.14. The summed E-state index contributed by atoms with van der Waals surface area (Å²) in [6.45, 7) is 0. The Bertz CT molecular complexity index is 1230. The highest BCUT2D eigenvalue weighted by Crippen LogP contribution is 2.29. The first kappa shape index (κ1) is 18.0. The summed E-state index contributed by atoms with van der Waals surface area (Å²) in [6, 6.07) is 30.7. The monoisotopic (exact) mass is 388 g/mol. The van der Waals surface area contributed by atoms with Crippen molar-refractivity contribution in [3.8, 4) is 45.3 Å². The number of imidazole rings is 1. The molecule has 0 saturated heterocycles. The van der Waals surface area contributed by atoms with Crippen LogP contribution in [0.2, 0.25) is 0 Å². The van der Waals surface area contributed by atoms with Crippen LogP contribution in [-0.4, -0.2) is 19.5 Å². The summed E-state index contributed by atoms with van der Waals surface area (Å²) in [5.74, 6) is 1.62. The molecule has 0 bridgehead atoms. The predicted octanol–water partition coefficient (Wildman–Crippen LogP) is 5.88. The molecule has 0 N–H and O–H groups in total. The van der Waals surface area contributed by atoms with Gasteiger partial charge in [-0.05, 0) is 12.1 Å². The molecule has 2 heterocycles. The van der Waals surface area contributed by atoms with E-state index in [1.807, 2.05) is 72.5 Å². The van der Waals surface area contributed by atoms with Crippen LogP contribution in [-0.2, 0) is 7.05 Å². The summed E-state index contributed by atoms with van der Waals surface area (Å²) < 4.78 is 2.01. The van der Waals surface area contributed by atoms with Crippen molar-refractivity contribution in [1.29, 1.82) is 0 Å². The van der Waals surface area contributed by atoms with Crippen molar-refractivity contribution in [2.45, 2.75) is 0 Å². The van der Waals surface area contributed by atoms with Crippen LogP contribution in [0.5, 0.6) is 0 Å². The Morgan fingerprint density at radius 1 is 0.600 bits per heavy atom. The lowest BCUT2D eigenvalue weighted by Crippen LogP contribution is -1.97. The van der Waals surface area contributed by atoms with Gasteiger partial charge in [0.25, 0.3) is 0 Å². The summed E-state index contributed by atoms with van der Waals surface area (Å²) in [7, 11) is 2.00. The van der Waals surface area contributed by atoms with E-state index in [1.54, 1.807) is 0 Å². The van der Waals surface area contributed by atoms with Crippen molar-refractivity contribution in [3.05, 3.63) is 103 Å². The van der Waals surface area contributed by atoms with Crippen LogP contribution in [0.25, 0.3) is 45.3 Å². The van der Waals surface area contributed by atoms with Crippen LogP contribution < -0.4 is 0 Å². The molecular weight excluding hydrogens is 368 g/mol. The van der Waals surface area contributed by atoms with E-state index in [-0.39, 0.29) is 0 Å². The van der Waals surface area contributed by atoms with Gasteiger partial charge in [0.1, 0.15) is 5.82 Å². The number of hydrogen-bond donors (Lipinski definition) is 0. The number of rotatable bonds is 4. The molecule has 144 valence electrons. The van der Waals surface area contributed by atoms with Crippen molar-refractivity contribution < 1.29 is 0 Å². The van der Waals surface area contributed by atoms with Gasteiger partial charge in [-0.15, -0.1) is 0 Å². The van der Waals surface area contributed by atoms with Gasteiger partial charge in [0.2, 0.25) is 0 Å². The highest BCUT2D eigenvalue weighted by molar-refractivity contribution is 5.73. The van der Waals surface area contributed by atoms with Crippen LogP contribution in [0.3, 0.4) is 0 Å². The fraction of sp³-hybridized carbons (Fsp3) is 0.0385. The molecule has 5 rings (SSSR count). The molecule has 0 fully saturated rings. The van der Waals surface area contributed by atoms with Gasteiger partial charge < -0.3 is 4.57 Å². The molecule has 0 aliphatic rings. The molecule has 4 heteroatoms. The highest BCUT2D eigenvalue weighted by Gasteiger charge is 2.12. The van der Waals surface area contributed by atoms with Gasteiger partial charge in [-0.25, -0.2) is 15.0 Å². The van der Waals surface area contributed by atoms with Gasteiger partial charge in [-0.2, -0.15) is 0 Å². The van der Waals surface area contributed by atoms with Gasteiger partial charge in [-0.1, -0.05) is 78.9 Å². The second-order valence-corrected chi connectivity index (χ2v) is 7.14. The summed E-state index contributed by atoms with van der Waals surface area (Å²) in [6.07, 6.45) is 3.75. The molecule has 0 saturated carbocycles. The lowest BCUT2D eigenvalue weighted by molar-refractivity contribution is 0.925. The Kier molecular flexibility index (Phi) is 4.66. The van der Waals surface area contributed by atoms with Crippen LogP contribution in [0.4, 0.5) is 0 Å². The third-order valence-corrected chi connectivity index (χ3v) is 5.07. The first-order valence-corrected chi connectivity index (χ1v) is 9.86. The standard InChI is InChI=1S/C26H20N4/c1-30-16-15-27-26(30)22-14-8-13-21(17-22)25-28-23(19-9-4-2-5-10-19)18-24(29-25)20-11-6-3-7-12-20/h2-18H,1H3. The molecule has 0 aliphatic heterocycles. The third kappa shape index (κ3) is 3.51. The van der Waals surface area contributed by atoms with E-state index >= 15 is 0 Å². The molecule has 5 aromatic rings. The van der Waals surface area contributed by atoms with E-state index in [0.717, 1.165) is 39.5 Å². The highest BCUT2D eigenvalue weighted by atomic mass is 15.0. The van der Waals surface area contributed by atoms with E-state index in [4.69, 9.17) is 9.97 Å². The molecule has 30 heavy (non-hydrogen) atoms. The molecule has 0 atom stereocenters. The molecule has 0 amide bonds. The number of aromatic nitrogens is 4. The lowest BCUT2D eigenvalue weighted by atomic mass is 10.1. The smallest absolute Gasteiger partial charge is 0.160 e. The molecular formula is C26H20N4. The van der Waals surface area contributed by atoms with Crippen LogP contribution in [0.15, 0.2) is 103 Å². The van der Waals surface area contributed by atoms with Crippen molar-refractivity contribution >= 4 is 0 Å². The maximum atomic E-state index is 4.91. The van der Waals surface area contributed by atoms with Gasteiger partial charge in [-0.3, -0.25) is 0 Å². The largest absolute Gasteiger partial charge is 0.334 e. The van der Waals surface area contributed by atoms with E-state index < -0.39 is 0 Å². The fourth-order valence-corrected chi connectivity index (χ4v) is 3.53. The van der Waals surface area contributed by atoms with E-state index in [1.165, 1.54) is 0 Å². The summed E-state index contributed by atoms with van der Waals surface area (Å²) >= 11 is 0. The molecule has 0 radical (unpaired) electrons. The van der Waals surface area contributed by atoms with Crippen LogP contribution >= 0.6 is 0 Å².